The second-order valence-corrected chi connectivity index (χ2v) is 5.75. The van der Waals surface area contributed by atoms with Crippen LogP contribution in [0.2, 0.25) is 10.0 Å². The van der Waals surface area contributed by atoms with Gasteiger partial charge in [0.2, 0.25) is 0 Å². The van der Waals surface area contributed by atoms with Crippen LogP contribution < -0.4 is 4.74 Å². The Labute approximate surface area is 147 Å². The number of aryl methyl sites for hydroxylation is 1. The lowest BCUT2D eigenvalue weighted by atomic mass is 10.2. The minimum atomic E-state index is -0.494. The largest absolute Gasteiger partial charge is 0.488 e. The average Bonchev–Trinajstić information content (AvgIpc) is 2.88. The molecule has 0 aliphatic heterocycles. The van der Waals surface area contributed by atoms with Crippen LogP contribution in [0.25, 0.3) is 5.65 Å². The van der Waals surface area contributed by atoms with E-state index in [0.717, 1.165) is 0 Å². The van der Waals surface area contributed by atoms with Crippen LogP contribution in [-0.4, -0.2) is 33.8 Å². The highest BCUT2D eigenvalue weighted by Gasteiger charge is 2.19. The Bertz CT molecular complexity index is 895. The van der Waals surface area contributed by atoms with E-state index in [1.807, 2.05) is 0 Å². The molecule has 6 nitrogen and oxygen atoms in total. The fourth-order valence-corrected chi connectivity index (χ4v) is 2.65. The summed E-state index contributed by atoms with van der Waals surface area (Å²) in [6, 6.07) is 6.64. The Balaban J connectivity index is 1.60. The number of hydrogen-bond donors (Lipinski definition) is 0. The number of aromatic nitrogens is 3. The lowest BCUT2D eigenvalue weighted by Gasteiger charge is -2.08. The minimum Gasteiger partial charge on any atom is -0.488 e. The standard InChI is InChI=1S/C16H13Cl2N3O3/c1-10-14(15-19-5-2-6-21(15)20-10)16(22)24-8-7-23-13-4-3-11(17)9-12(13)18/h2-6,9H,7-8H2,1H3. The first-order valence-electron chi connectivity index (χ1n) is 7.11. The highest BCUT2D eigenvalue weighted by atomic mass is 35.5. The van der Waals surface area contributed by atoms with Gasteiger partial charge in [0.05, 0.1) is 10.7 Å². The molecule has 0 unspecified atom stereocenters. The van der Waals surface area contributed by atoms with Crippen LogP contribution in [0.1, 0.15) is 16.1 Å². The number of ether oxygens (including phenoxy) is 2. The molecule has 0 saturated heterocycles. The number of benzene rings is 1. The quantitative estimate of drug-likeness (QED) is 0.510. The highest BCUT2D eigenvalue weighted by molar-refractivity contribution is 6.35. The molecule has 124 valence electrons. The predicted molar refractivity (Wildman–Crippen MR) is 90.0 cm³/mol. The zero-order valence-electron chi connectivity index (χ0n) is 12.7. The third-order valence-electron chi connectivity index (χ3n) is 3.24. The van der Waals surface area contributed by atoms with E-state index < -0.39 is 5.97 Å². The van der Waals surface area contributed by atoms with Crippen LogP contribution >= 0.6 is 23.2 Å². The van der Waals surface area contributed by atoms with E-state index in [2.05, 4.69) is 10.1 Å². The summed E-state index contributed by atoms with van der Waals surface area (Å²) in [5.74, 6) is -0.0158. The third-order valence-corrected chi connectivity index (χ3v) is 3.77. The van der Waals surface area contributed by atoms with Gasteiger partial charge in [0.15, 0.2) is 5.65 Å². The van der Waals surface area contributed by atoms with E-state index in [1.54, 1.807) is 43.6 Å². The van der Waals surface area contributed by atoms with Crippen molar-refractivity contribution in [2.24, 2.45) is 0 Å². The molecule has 0 aliphatic rings. The molecule has 2 aromatic heterocycles. The van der Waals surface area contributed by atoms with Gasteiger partial charge in [-0.2, -0.15) is 5.10 Å². The average molecular weight is 366 g/mol. The fraction of sp³-hybridized carbons (Fsp3) is 0.188. The molecule has 3 aromatic rings. The molecule has 8 heteroatoms. The Hall–Kier alpha value is -2.31. The Kier molecular flexibility index (Phi) is 4.87. The van der Waals surface area contributed by atoms with Crippen LogP contribution in [0.15, 0.2) is 36.7 Å². The molecular weight excluding hydrogens is 353 g/mol. The second kappa shape index (κ2) is 7.07. The maximum Gasteiger partial charge on any atom is 0.344 e. The Morgan fingerprint density at radius 3 is 2.92 bits per heavy atom. The van der Waals surface area contributed by atoms with Crippen molar-refractivity contribution in [3.8, 4) is 5.75 Å². The van der Waals surface area contributed by atoms with Crippen molar-refractivity contribution in [3.63, 3.8) is 0 Å². The first-order valence-corrected chi connectivity index (χ1v) is 7.87. The van der Waals surface area contributed by atoms with Gasteiger partial charge < -0.3 is 9.47 Å². The summed E-state index contributed by atoms with van der Waals surface area (Å²) in [5, 5.41) is 5.14. The van der Waals surface area contributed by atoms with Crippen molar-refractivity contribution in [2.75, 3.05) is 13.2 Å². The number of hydrogen-bond acceptors (Lipinski definition) is 5. The number of nitrogens with zero attached hydrogens (tertiary/aromatic N) is 3. The number of carbonyl (C=O) groups is 1. The smallest absolute Gasteiger partial charge is 0.344 e. The number of halogens is 2. The molecule has 0 fully saturated rings. The fourth-order valence-electron chi connectivity index (χ4n) is 2.19. The molecule has 0 amide bonds. The van der Waals surface area contributed by atoms with E-state index in [9.17, 15) is 4.79 Å². The van der Waals surface area contributed by atoms with Crippen LogP contribution in [0.4, 0.5) is 0 Å². The van der Waals surface area contributed by atoms with E-state index in [0.29, 0.717) is 32.7 Å². The molecule has 1 aromatic carbocycles. The van der Waals surface area contributed by atoms with E-state index in [1.165, 1.54) is 4.52 Å². The third kappa shape index (κ3) is 3.44. The lowest BCUT2D eigenvalue weighted by molar-refractivity contribution is 0.0451. The van der Waals surface area contributed by atoms with E-state index in [-0.39, 0.29) is 13.2 Å². The van der Waals surface area contributed by atoms with Crippen molar-refractivity contribution in [1.29, 1.82) is 0 Å². The van der Waals surface area contributed by atoms with Gasteiger partial charge in [-0.15, -0.1) is 0 Å². The molecule has 24 heavy (non-hydrogen) atoms. The Morgan fingerprint density at radius 2 is 2.12 bits per heavy atom. The summed E-state index contributed by atoms with van der Waals surface area (Å²) >= 11 is 11.8. The second-order valence-electron chi connectivity index (χ2n) is 4.91. The van der Waals surface area contributed by atoms with Gasteiger partial charge in [-0.05, 0) is 31.2 Å². The molecule has 0 saturated carbocycles. The normalized spacial score (nSPS) is 10.8. The maximum atomic E-state index is 12.2. The molecule has 0 spiro atoms. The lowest BCUT2D eigenvalue weighted by Crippen LogP contribution is -2.13. The monoisotopic (exact) mass is 365 g/mol. The van der Waals surface area contributed by atoms with Gasteiger partial charge >= 0.3 is 5.97 Å². The zero-order chi connectivity index (χ0) is 17.1. The first kappa shape index (κ1) is 16.5. The SMILES string of the molecule is Cc1nn2cccnc2c1C(=O)OCCOc1ccc(Cl)cc1Cl. The molecule has 0 bridgehead atoms. The van der Waals surface area contributed by atoms with Crippen molar-refractivity contribution in [3.05, 3.63) is 58.0 Å². The van der Waals surface area contributed by atoms with Gasteiger partial charge in [0.1, 0.15) is 24.5 Å². The summed E-state index contributed by atoms with van der Waals surface area (Å²) in [7, 11) is 0. The van der Waals surface area contributed by atoms with E-state index in [4.69, 9.17) is 32.7 Å². The van der Waals surface area contributed by atoms with Crippen molar-refractivity contribution in [2.45, 2.75) is 6.92 Å². The summed E-state index contributed by atoms with van der Waals surface area (Å²) < 4.78 is 12.2. The first-order chi connectivity index (χ1) is 11.6. The molecule has 3 rings (SSSR count). The van der Waals surface area contributed by atoms with E-state index >= 15 is 0 Å². The van der Waals surface area contributed by atoms with Gasteiger partial charge in [-0.1, -0.05) is 23.2 Å². The summed E-state index contributed by atoms with van der Waals surface area (Å²) in [5.41, 5.74) is 1.36. The summed E-state index contributed by atoms with van der Waals surface area (Å²) in [6.45, 7) is 1.97. The van der Waals surface area contributed by atoms with Crippen LogP contribution in [-0.2, 0) is 4.74 Å². The van der Waals surface area contributed by atoms with Crippen molar-refractivity contribution in [1.82, 2.24) is 14.6 Å². The number of carbonyl (C=O) groups excluding carboxylic acids is 1. The molecule has 0 atom stereocenters. The van der Waals surface area contributed by atoms with Gasteiger partial charge in [-0.3, -0.25) is 0 Å². The summed E-state index contributed by atoms with van der Waals surface area (Å²) in [4.78, 5) is 16.4. The summed E-state index contributed by atoms with van der Waals surface area (Å²) in [6.07, 6.45) is 3.32. The van der Waals surface area contributed by atoms with Gasteiger partial charge in [0, 0.05) is 17.4 Å². The number of esters is 1. The van der Waals surface area contributed by atoms with Crippen LogP contribution in [0, 0.1) is 6.92 Å². The highest BCUT2D eigenvalue weighted by Crippen LogP contribution is 2.27. The van der Waals surface area contributed by atoms with Crippen LogP contribution in [0.5, 0.6) is 5.75 Å². The maximum absolute atomic E-state index is 12.2. The predicted octanol–water partition coefficient (Wildman–Crippen LogP) is 3.58. The Morgan fingerprint density at radius 1 is 1.29 bits per heavy atom. The zero-order valence-corrected chi connectivity index (χ0v) is 14.2. The molecule has 0 aliphatic carbocycles. The van der Waals surface area contributed by atoms with Crippen LogP contribution in [0.3, 0.4) is 0 Å². The minimum absolute atomic E-state index is 0.0708. The molecule has 2 heterocycles. The molecular formula is C16H13Cl2N3O3. The van der Waals surface area contributed by atoms with Crippen molar-refractivity contribution >= 4 is 34.8 Å². The van der Waals surface area contributed by atoms with Gasteiger partial charge in [-0.25, -0.2) is 14.3 Å². The number of fused-ring (bicyclic) bond motifs is 1. The topological polar surface area (TPSA) is 65.7 Å². The van der Waals surface area contributed by atoms with Gasteiger partial charge in [0.25, 0.3) is 0 Å². The number of rotatable bonds is 5. The molecule has 0 radical (unpaired) electrons. The van der Waals surface area contributed by atoms with Crippen molar-refractivity contribution < 1.29 is 14.3 Å². The molecule has 0 N–H and O–H groups in total.